The Balaban J connectivity index is 2.39. The first-order chi connectivity index (χ1) is 11.4. The fraction of sp³-hybridized carbons (Fsp3) is 0.316. The van der Waals surface area contributed by atoms with Gasteiger partial charge in [0.05, 0.1) is 24.3 Å². The first-order valence-corrected chi connectivity index (χ1v) is 8.36. The van der Waals surface area contributed by atoms with Crippen molar-refractivity contribution in [2.75, 3.05) is 14.2 Å². The van der Waals surface area contributed by atoms with Gasteiger partial charge in [0, 0.05) is 23.0 Å². The number of carbonyl (C=O) groups excluding carboxylic acids is 1. The third-order valence-electron chi connectivity index (χ3n) is 4.19. The molecule has 0 spiro atoms. The first kappa shape index (κ1) is 18.6. The molecular formula is C19H20Cl2O3. The minimum absolute atomic E-state index is 0.0381. The quantitative estimate of drug-likeness (QED) is 0.678. The van der Waals surface area contributed by atoms with E-state index < -0.39 is 0 Å². The molecule has 2 unspecified atom stereocenters. The van der Waals surface area contributed by atoms with Crippen molar-refractivity contribution >= 4 is 29.0 Å². The Morgan fingerprint density at radius 1 is 0.833 bits per heavy atom. The molecule has 0 amide bonds. The van der Waals surface area contributed by atoms with E-state index in [9.17, 15) is 4.79 Å². The van der Waals surface area contributed by atoms with Gasteiger partial charge in [-0.25, -0.2) is 0 Å². The van der Waals surface area contributed by atoms with Crippen molar-refractivity contribution in [3.8, 4) is 11.5 Å². The molecular weight excluding hydrogens is 347 g/mol. The third-order valence-corrected chi connectivity index (χ3v) is 4.78. The van der Waals surface area contributed by atoms with Crippen molar-refractivity contribution in [1.82, 2.24) is 0 Å². The van der Waals surface area contributed by atoms with E-state index in [4.69, 9.17) is 32.7 Å². The van der Waals surface area contributed by atoms with E-state index in [1.807, 2.05) is 38.1 Å². The molecule has 0 aliphatic rings. The van der Waals surface area contributed by atoms with Crippen molar-refractivity contribution in [3.63, 3.8) is 0 Å². The molecule has 3 nitrogen and oxygen atoms in total. The van der Waals surface area contributed by atoms with Crippen molar-refractivity contribution in [2.45, 2.75) is 25.7 Å². The lowest BCUT2D eigenvalue weighted by molar-refractivity contribution is -0.121. The fourth-order valence-electron chi connectivity index (χ4n) is 2.85. The number of rotatable bonds is 6. The number of Topliss-reactive ketones (excluding diaryl/α,β-unsaturated/α-hetero) is 1. The monoisotopic (exact) mass is 366 g/mol. The number of hydrogen-bond acceptors (Lipinski definition) is 3. The largest absolute Gasteiger partial charge is 0.495 e. The molecule has 0 radical (unpaired) electrons. The molecule has 0 bridgehead atoms. The lowest BCUT2D eigenvalue weighted by atomic mass is 9.85. The summed E-state index contributed by atoms with van der Waals surface area (Å²) in [5.41, 5.74) is 1.53. The first-order valence-electron chi connectivity index (χ1n) is 7.60. The highest BCUT2D eigenvalue weighted by Gasteiger charge is 2.28. The van der Waals surface area contributed by atoms with Gasteiger partial charge in [-0.3, -0.25) is 4.79 Å². The molecule has 0 saturated heterocycles. The van der Waals surface area contributed by atoms with Gasteiger partial charge in [0.25, 0.3) is 0 Å². The van der Waals surface area contributed by atoms with Crippen LogP contribution in [0.1, 0.15) is 36.8 Å². The van der Waals surface area contributed by atoms with Crippen LogP contribution in [-0.2, 0) is 4.79 Å². The molecule has 0 aliphatic carbocycles. The number of hydrogen-bond donors (Lipinski definition) is 0. The molecule has 0 heterocycles. The molecule has 0 aliphatic heterocycles. The standard InChI is InChI=1S/C19H20Cl2O3/c1-11(13-7-5-9-15(20)18(13)23-3)17(22)12(2)14-8-6-10-16(21)19(14)24-4/h5-12H,1-4H3. The molecule has 0 saturated carbocycles. The normalized spacial score (nSPS) is 13.2. The fourth-order valence-corrected chi connectivity index (χ4v) is 3.36. The molecule has 2 atom stereocenters. The summed E-state index contributed by atoms with van der Waals surface area (Å²) in [5, 5.41) is 0.977. The Labute approximate surface area is 152 Å². The van der Waals surface area contributed by atoms with Gasteiger partial charge in [0.15, 0.2) is 0 Å². The second kappa shape index (κ2) is 7.91. The molecule has 128 valence electrons. The number of para-hydroxylation sites is 2. The average molecular weight is 367 g/mol. The summed E-state index contributed by atoms with van der Waals surface area (Å²) in [6.45, 7) is 3.70. The van der Waals surface area contributed by atoms with Gasteiger partial charge >= 0.3 is 0 Å². The Kier molecular flexibility index (Phi) is 6.14. The van der Waals surface area contributed by atoms with E-state index in [0.29, 0.717) is 21.5 Å². The summed E-state index contributed by atoms with van der Waals surface area (Å²) in [6.07, 6.45) is 0. The smallest absolute Gasteiger partial charge is 0.147 e. The van der Waals surface area contributed by atoms with E-state index in [2.05, 4.69) is 0 Å². The van der Waals surface area contributed by atoms with Gasteiger partial charge in [-0.05, 0) is 12.1 Å². The lowest BCUT2D eigenvalue weighted by Gasteiger charge is -2.21. The Morgan fingerprint density at radius 3 is 1.54 bits per heavy atom. The van der Waals surface area contributed by atoms with Crippen molar-refractivity contribution < 1.29 is 14.3 Å². The van der Waals surface area contributed by atoms with Gasteiger partial charge in [-0.2, -0.15) is 0 Å². The van der Waals surface area contributed by atoms with Gasteiger partial charge in [-0.1, -0.05) is 61.3 Å². The third kappa shape index (κ3) is 3.52. The topological polar surface area (TPSA) is 35.5 Å². The molecule has 0 aromatic heterocycles. The van der Waals surface area contributed by atoms with Gasteiger partial charge in [0.1, 0.15) is 17.3 Å². The second-order valence-corrected chi connectivity index (χ2v) is 6.38. The molecule has 24 heavy (non-hydrogen) atoms. The highest BCUT2D eigenvalue weighted by Crippen LogP contribution is 2.39. The highest BCUT2D eigenvalue weighted by molar-refractivity contribution is 6.32. The summed E-state index contributed by atoms with van der Waals surface area (Å²) in [5.74, 6) is 0.348. The summed E-state index contributed by atoms with van der Waals surface area (Å²) < 4.78 is 10.7. The molecule has 2 aromatic rings. The Morgan fingerprint density at radius 2 is 1.21 bits per heavy atom. The number of methoxy groups -OCH3 is 2. The van der Waals surface area contributed by atoms with Gasteiger partial charge in [0.2, 0.25) is 0 Å². The summed E-state index contributed by atoms with van der Waals surface area (Å²) >= 11 is 12.3. The van der Waals surface area contributed by atoms with Crippen LogP contribution >= 0.6 is 23.2 Å². The van der Waals surface area contributed by atoms with E-state index in [1.165, 1.54) is 0 Å². The minimum Gasteiger partial charge on any atom is -0.495 e. The van der Waals surface area contributed by atoms with Crippen LogP contribution in [0.5, 0.6) is 11.5 Å². The second-order valence-electron chi connectivity index (χ2n) is 5.57. The van der Waals surface area contributed by atoms with E-state index in [1.54, 1.807) is 26.4 Å². The van der Waals surface area contributed by atoms with Gasteiger partial charge < -0.3 is 9.47 Å². The molecule has 0 N–H and O–H groups in total. The summed E-state index contributed by atoms with van der Waals surface area (Å²) in [4.78, 5) is 13.0. The average Bonchev–Trinajstić information content (AvgIpc) is 2.59. The van der Waals surface area contributed by atoms with Crippen LogP contribution in [0.25, 0.3) is 0 Å². The number of carbonyl (C=O) groups is 1. The van der Waals surface area contributed by atoms with Crippen LogP contribution in [0.15, 0.2) is 36.4 Å². The predicted molar refractivity (Wildman–Crippen MR) is 97.8 cm³/mol. The summed E-state index contributed by atoms with van der Waals surface area (Å²) in [7, 11) is 3.09. The van der Waals surface area contributed by atoms with Crippen LogP contribution in [0.4, 0.5) is 0 Å². The van der Waals surface area contributed by atoms with Crippen molar-refractivity contribution in [1.29, 1.82) is 0 Å². The molecule has 2 aromatic carbocycles. The van der Waals surface area contributed by atoms with Crippen LogP contribution in [0.2, 0.25) is 10.0 Å². The zero-order valence-corrected chi connectivity index (χ0v) is 15.6. The number of ether oxygens (including phenoxy) is 2. The zero-order chi connectivity index (χ0) is 17.9. The van der Waals surface area contributed by atoms with Crippen LogP contribution < -0.4 is 9.47 Å². The van der Waals surface area contributed by atoms with Crippen molar-refractivity contribution in [2.24, 2.45) is 0 Å². The van der Waals surface area contributed by atoms with Crippen LogP contribution in [0.3, 0.4) is 0 Å². The maximum atomic E-state index is 13.0. The molecule has 5 heteroatoms. The number of halogens is 2. The molecule has 0 fully saturated rings. The lowest BCUT2D eigenvalue weighted by Crippen LogP contribution is -2.18. The van der Waals surface area contributed by atoms with Crippen LogP contribution in [0, 0.1) is 0 Å². The minimum atomic E-state index is -0.377. The Bertz CT molecular complexity index is 682. The Hall–Kier alpha value is -1.71. The van der Waals surface area contributed by atoms with E-state index in [0.717, 1.165) is 11.1 Å². The zero-order valence-electron chi connectivity index (χ0n) is 14.1. The summed E-state index contributed by atoms with van der Waals surface area (Å²) in [6, 6.07) is 10.8. The SMILES string of the molecule is COc1c(Cl)cccc1C(C)C(=O)C(C)c1cccc(Cl)c1OC. The van der Waals surface area contributed by atoms with E-state index >= 15 is 0 Å². The number of benzene rings is 2. The maximum Gasteiger partial charge on any atom is 0.147 e. The van der Waals surface area contributed by atoms with Crippen molar-refractivity contribution in [3.05, 3.63) is 57.6 Å². The number of ketones is 1. The van der Waals surface area contributed by atoms with Gasteiger partial charge in [-0.15, -0.1) is 0 Å². The predicted octanol–water partition coefficient (Wildman–Crippen LogP) is 5.49. The highest BCUT2D eigenvalue weighted by atomic mass is 35.5. The van der Waals surface area contributed by atoms with Crippen LogP contribution in [-0.4, -0.2) is 20.0 Å². The molecule has 2 rings (SSSR count). The maximum absolute atomic E-state index is 13.0. The van der Waals surface area contributed by atoms with E-state index in [-0.39, 0.29) is 17.6 Å².